The Hall–Kier alpha value is -5.43. The third-order valence-electron chi connectivity index (χ3n) is 12.1. The molecule has 63 heavy (non-hydrogen) atoms. The first kappa shape index (κ1) is 48.6. The van der Waals surface area contributed by atoms with E-state index in [2.05, 4.69) is 41.4 Å². The normalized spacial score (nSPS) is 17.5. The van der Waals surface area contributed by atoms with Gasteiger partial charge in [-0.3, -0.25) is 48.9 Å². The topological polar surface area (TPSA) is 263 Å². The number of hydrogen-bond donors (Lipinski definition) is 8. The van der Waals surface area contributed by atoms with E-state index in [-0.39, 0.29) is 42.7 Å². The summed E-state index contributed by atoms with van der Waals surface area (Å²) in [6.07, 6.45) is 8.99. The zero-order chi connectivity index (χ0) is 45.3. The van der Waals surface area contributed by atoms with Crippen molar-refractivity contribution >= 4 is 58.5 Å². The third-order valence-corrected chi connectivity index (χ3v) is 12.1. The lowest BCUT2D eigenvalue weighted by Gasteiger charge is -2.35. The maximum Gasteiger partial charge on any atom is 0.257 e. The van der Waals surface area contributed by atoms with Gasteiger partial charge in [0.2, 0.25) is 29.5 Å². The van der Waals surface area contributed by atoms with Crippen molar-refractivity contribution in [1.29, 1.82) is 0 Å². The fourth-order valence-electron chi connectivity index (χ4n) is 8.62. The van der Waals surface area contributed by atoms with Gasteiger partial charge in [0.1, 0.15) is 12.1 Å². The molecule has 3 atom stereocenters. The van der Waals surface area contributed by atoms with Crippen LogP contribution in [0.4, 0.5) is 17.1 Å². The second kappa shape index (κ2) is 24.4. The molecule has 3 heterocycles. The average Bonchev–Trinajstić information content (AvgIpc) is 3.39. The van der Waals surface area contributed by atoms with E-state index in [1.807, 2.05) is 42.5 Å². The van der Waals surface area contributed by atoms with Crippen LogP contribution < -0.4 is 48.7 Å². The molecule has 18 nitrogen and oxygen atoms in total. The molecule has 0 aliphatic carbocycles. The number of carbonyl (C=O) groups is 6. The molecule has 0 saturated carbocycles. The van der Waals surface area contributed by atoms with Crippen LogP contribution in [-0.2, 0) is 24.0 Å². The second-order valence-electron chi connectivity index (χ2n) is 17.0. The molecule has 2 saturated heterocycles. The van der Waals surface area contributed by atoms with Crippen LogP contribution in [-0.4, -0.2) is 128 Å². The molecule has 11 N–H and O–H groups in total. The van der Waals surface area contributed by atoms with Gasteiger partial charge >= 0.3 is 0 Å². The summed E-state index contributed by atoms with van der Waals surface area (Å²) in [5, 5.41) is 14.1. The molecule has 2 fully saturated rings. The number of unbranched alkanes of at least 4 members (excludes halogenated alkanes) is 1. The number of nitrogens with zero attached hydrogens (tertiary/aromatic N) is 4. The van der Waals surface area contributed by atoms with Crippen molar-refractivity contribution in [2.45, 2.75) is 109 Å². The number of guanidine groups is 1. The predicted molar refractivity (Wildman–Crippen MR) is 244 cm³/mol. The van der Waals surface area contributed by atoms with Crippen LogP contribution in [0.25, 0.3) is 0 Å². The van der Waals surface area contributed by atoms with Crippen molar-refractivity contribution in [1.82, 2.24) is 31.1 Å². The van der Waals surface area contributed by atoms with Gasteiger partial charge in [0.15, 0.2) is 5.96 Å². The molecule has 344 valence electrons. The first-order valence-electron chi connectivity index (χ1n) is 22.5. The van der Waals surface area contributed by atoms with Gasteiger partial charge < -0.3 is 43.4 Å². The highest BCUT2D eigenvalue weighted by molar-refractivity contribution is 6.18. The second-order valence-corrected chi connectivity index (χ2v) is 17.0. The molecule has 2 aromatic rings. The Kier molecular flexibility index (Phi) is 18.8. The van der Waals surface area contributed by atoms with Gasteiger partial charge in [0.05, 0.1) is 35.2 Å². The van der Waals surface area contributed by atoms with E-state index in [0.29, 0.717) is 60.9 Å². The molecule has 5 rings (SSSR count). The lowest BCUT2D eigenvalue weighted by atomic mass is 9.91. The number of nitrogens with two attached hydrogens (primary N) is 3. The highest BCUT2D eigenvalue weighted by Gasteiger charge is 2.32. The zero-order valence-corrected chi connectivity index (χ0v) is 36.9. The molecule has 18 heteroatoms. The summed E-state index contributed by atoms with van der Waals surface area (Å²) in [4.78, 5) is 88.2. The number of anilines is 3. The third kappa shape index (κ3) is 14.8. The molecule has 0 radical (unpaired) electrons. The van der Waals surface area contributed by atoms with E-state index in [1.165, 1.54) is 13.8 Å². The minimum absolute atomic E-state index is 0.0224. The molecular formula is C45H68N12O6. The molecule has 0 bridgehead atoms. The lowest BCUT2D eigenvalue weighted by molar-refractivity contribution is -0.136. The number of amides is 6. The smallest absolute Gasteiger partial charge is 0.257 e. The van der Waals surface area contributed by atoms with Crippen molar-refractivity contribution in [3.05, 3.63) is 54.1 Å². The minimum atomic E-state index is -1.01. The molecule has 3 aliphatic rings. The quantitative estimate of drug-likeness (QED) is 0.0506. The largest absolute Gasteiger partial charge is 0.370 e. The summed E-state index contributed by atoms with van der Waals surface area (Å²) in [7, 11) is 0. The Morgan fingerprint density at radius 2 is 1.46 bits per heavy atom. The highest BCUT2D eigenvalue weighted by atomic mass is 16.2. The van der Waals surface area contributed by atoms with Crippen LogP contribution in [0, 0.1) is 5.92 Å². The van der Waals surface area contributed by atoms with Crippen molar-refractivity contribution in [2.24, 2.45) is 28.1 Å². The number of likely N-dealkylation sites (tertiary alicyclic amines) is 2. The van der Waals surface area contributed by atoms with Gasteiger partial charge in [-0.25, -0.2) is 0 Å². The molecule has 0 unspecified atom stereocenters. The van der Waals surface area contributed by atoms with Crippen LogP contribution in [0.3, 0.4) is 0 Å². The van der Waals surface area contributed by atoms with Crippen LogP contribution in [0.15, 0.2) is 53.5 Å². The van der Waals surface area contributed by atoms with E-state index in [9.17, 15) is 28.8 Å². The van der Waals surface area contributed by atoms with Crippen molar-refractivity contribution in [3.63, 3.8) is 0 Å². The fraction of sp³-hybridized carbons (Fsp3) is 0.578. The summed E-state index contributed by atoms with van der Waals surface area (Å²) >= 11 is 0. The Morgan fingerprint density at radius 1 is 0.794 bits per heavy atom. The van der Waals surface area contributed by atoms with Crippen molar-refractivity contribution < 1.29 is 28.8 Å². The minimum Gasteiger partial charge on any atom is -0.370 e. The highest BCUT2D eigenvalue weighted by Crippen LogP contribution is 2.38. The molecular weight excluding hydrogens is 805 g/mol. The standard InChI is InChI=1S/C45H68N12O6/c1-30(41(60)54-44(63)36(14-9-22-46)51-31(2)58)50-43(62)37(15-10-23-49-45(47)48)52-33-20-27-55(28-21-33)24-8-7-11-32-18-25-56(26-19-32)29-40(59)57-38-16-5-3-12-34(38)42(61)53-35-13-4-6-17-39(35)57/h3-6,12-13,16-17,30,32-33,36-37,52H,7-11,14-15,18-29,46H2,1-2H3,(H,50,62)(H,51,58)(H,53,61)(H4,47,48,49)(H,54,60,63)/t30-,36-,37-/m0/s1. The molecule has 0 aromatic heterocycles. The van der Waals surface area contributed by atoms with Crippen molar-refractivity contribution in [3.8, 4) is 0 Å². The number of rotatable bonds is 21. The first-order chi connectivity index (χ1) is 30.3. The number of fused-ring (bicyclic) bond motifs is 2. The van der Waals surface area contributed by atoms with Gasteiger partial charge in [0.25, 0.3) is 5.91 Å². The Labute approximate surface area is 370 Å². The summed E-state index contributed by atoms with van der Waals surface area (Å²) in [6, 6.07) is 12.3. The lowest BCUT2D eigenvalue weighted by Crippen LogP contribution is -2.56. The summed E-state index contributed by atoms with van der Waals surface area (Å²) in [6.45, 7) is 8.32. The number of benzene rings is 2. The number of hydrogen-bond acceptors (Lipinski definition) is 11. The van der Waals surface area contributed by atoms with Crippen LogP contribution >= 0.6 is 0 Å². The molecule has 0 spiro atoms. The van der Waals surface area contributed by atoms with Crippen LogP contribution in [0.1, 0.15) is 94.8 Å². The maximum atomic E-state index is 13.9. The van der Waals surface area contributed by atoms with Crippen molar-refractivity contribution in [2.75, 3.05) is 62.6 Å². The van der Waals surface area contributed by atoms with Gasteiger partial charge in [-0.05, 0) is 134 Å². The van der Waals surface area contributed by atoms with E-state index in [0.717, 1.165) is 77.7 Å². The fourth-order valence-corrected chi connectivity index (χ4v) is 8.62. The Bertz CT molecular complexity index is 1910. The van der Waals surface area contributed by atoms with Gasteiger partial charge in [-0.15, -0.1) is 0 Å². The summed E-state index contributed by atoms with van der Waals surface area (Å²) < 4.78 is 0. The Morgan fingerprint density at radius 3 is 2.16 bits per heavy atom. The molecule has 6 amide bonds. The first-order valence-corrected chi connectivity index (χ1v) is 22.5. The van der Waals surface area contributed by atoms with Crippen LogP contribution in [0.5, 0.6) is 0 Å². The molecule has 3 aliphatic heterocycles. The molecule has 2 aromatic carbocycles. The number of aliphatic imine (C=N–C) groups is 1. The van der Waals surface area contributed by atoms with E-state index >= 15 is 0 Å². The summed E-state index contributed by atoms with van der Waals surface area (Å²) in [5.74, 6) is -1.77. The Balaban J connectivity index is 1.02. The average molecular weight is 873 g/mol. The number of imide groups is 1. The predicted octanol–water partition coefficient (Wildman–Crippen LogP) is 1.67. The van der Waals surface area contributed by atoms with E-state index in [4.69, 9.17) is 17.2 Å². The van der Waals surface area contributed by atoms with Gasteiger partial charge in [-0.2, -0.15) is 0 Å². The summed E-state index contributed by atoms with van der Waals surface area (Å²) in [5.41, 5.74) is 18.9. The number of nitrogens with one attached hydrogen (secondary N) is 5. The zero-order valence-electron chi connectivity index (χ0n) is 36.9. The SMILES string of the molecule is CC(=O)N[C@@H](CCCN)C(=O)NC(=O)[C@H](C)NC(=O)[C@H](CCCN=C(N)N)NC1CCN(CCCCC2CCN(CC(=O)N3c4ccccc4NC(=O)c4ccccc43)CC2)CC1. The number of piperidine rings is 2. The van der Waals surface area contributed by atoms with Crippen LogP contribution in [0.2, 0.25) is 0 Å². The monoisotopic (exact) mass is 873 g/mol. The van der Waals surface area contributed by atoms with Gasteiger partial charge in [0, 0.05) is 19.5 Å². The van der Waals surface area contributed by atoms with E-state index in [1.54, 1.807) is 11.0 Å². The number of carbonyl (C=O) groups excluding carboxylic acids is 6. The van der Waals surface area contributed by atoms with Gasteiger partial charge in [-0.1, -0.05) is 37.1 Å². The maximum absolute atomic E-state index is 13.9. The van der Waals surface area contributed by atoms with E-state index < -0.39 is 35.8 Å². The number of para-hydroxylation sites is 3.